The van der Waals surface area contributed by atoms with E-state index in [9.17, 15) is 13.6 Å². The van der Waals surface area contributed by atoms with Gasteiger partial charge in [-0.3, -0.25) is 4.79 Å². The number of ether oxygens (including phenoxy) is 1. The number of nitrogens with one attached hydrogen (secondary N) is 2. The summed E-state index contributed by atoms with van der Waals surface area (Å²) in [7, 11) is 1.91. The van der Waals surface area contributed by atoms with Crippen molar-refractivity contribution in [2.24, 2.45) is 7.05 Å². The Balaban J connectivity index is 1.47. The fourth-order valence-corrected chi connectivity index (χ4v) is 3.27. The Kier molecular flexibility index (Phi) is 5.79. The molecule has 0 saturated heterocycles. The van der Waals surface area contributed by atoms with Gasteiger partial charge >= 0.3 is 6.61 Å². The SMILES string of the molecule is Cn1c(CNC(=O)c2ccccc2Nc2ccc(OC(F)F)cc2)nc2ccccc21. The highest BCUT2D eigenvalue weighted by atomic mass is 19.3. The molecule has 3 aromatic carbocycles. The number of rotatable bonds is 7. The summed E-state index contributed by atoms with van der Waals surface area (Å²) >= 11 is 0. The predicted octanol–water partition coefficient (Wildman–Crippen LogP) is 4.85. The molecule has 0 atom stereocenters. The number of anilines is 2. The first-order valence-electron chi connectivity index (χ1n) is 9.61. The number of nitrogens with zero attached hydrogens (tertiary/aromatic N) is 2. The molecule has 0 aliphatic carbocycles. The fourth-order valence-electron chi connectivity index (χ4n) is 3.27. The average molecular weight is 422 g/mol. The molecule has 0 spiro atoms. The van der Waals surface area contributed by atoms with Crippen LogP contribution in [-0.4, -0.2) is 22.1 Å². The van der Waals surface area contributed by atoms with Gasteiger partial charge in [-0.1, -0.05) is 24.3 Å². The minimum atomic E-state index is -2.88. The van der Waals surface area contributed by atoms with Gasteiger partial charge in [-0.05, 0) is 48.5 Å². The molecular formula is C23H20F2N4O2. The van der Waals surface area contributed by atoms with E-state index in [4.69, 9.17) is 0 Å². The van der Waals surface area contributed by atoms with Gasteiger partial charge in [-0.25, -0.2) is 4.98 Å². The lowest BCUT2D eigenvalue weighted by molar-refractivity contribution is -0.0498. The van der Waals surface area contributed by atoms with Crippen molar-refractivity contribution in [2.75, 3.05) is 5.32 Å². The Morgan fingerprint density at radius 1 is 1.03 bits per heavy atom. The zero-order chi connectivity index (χ0) is 21.8. The summed E-state index contributed by atoms with van der Waals surface area (Å²) in [5.41, 5.74) is 3.54. The van der Waals surface area contributed by atoms with Gasteiger partial charge in [0.1, 0.15) is 11.6 Å². The number of carbonyl (C=O) groups is 1. The predicted molar refractivity (Wildman–Crippen MR) is 115 cm³/mol. The molecule has 6 nitrogen and oxygen atoms in total. The highest BCUT2D eigenvalue weighted by molar-refractivity contribution is 6.00. The first-order valence-corrected chi connectivity index (χ1v) is 9.61. The molecule has 8 heteroatoms. The average Bonchev–Trinajstić information content (AvgIpc) is 3.09. The van der Waals surface area contributed by atoms with E-state index in [1.807, 2.05) is 35.9 Å². The van der Waals surface area contributed by atoms with Gasteiger partial charge in [-0.2, -0.15) is 8.78 Å². The molecule has 0 fully saturated rings. The van der Waals surface area contributed by atoms with E-state index in [0.717, 1.165) is 16.9 Å². The number of alkyl halides is 2. The lowest BCUT2D eigenvalue weighted by Gasteiger charge is -2.13. The number of amides is 1. The van der Waals surface area contributed by atoms with E-state index in [2.05, 4.69) is 20.4 Å². The second-order valence-electron chi connectivity index (χ2n) is 6.83. The van der Waals surface area contributed by atoms with Gasteiger partial charge in [-0.15, -0.1) is 0 Å². The molecule has 0 unspecified atom stereocenters. The molecule has 158 valence electrons. The van der Waals surface area contributed by atoms with Gasteiger partial charge in [0.2, 0.25) is 0 Å². The van der Waals surface area contributed by atoms with Gasteiger partial charge in [0.15, 0.2) is 0 Å². The monoisotopic (exact) mass is 422 g/mol. The lowest BCUT2D eigenvalue weighted by atomic mass is 10.1. The molecule has 4 rings (SSSR count). The van der Waals surface area contributed by atoms with Gasteiger partial charge in [0.05, 0.1) is 28.8 Å². The highest BCUT2D eigenvalue weighted by Gasteiger charge is 2.13. The van der Waals surface area contributed by atoms with Crippen molar-refractivity contribution in [3.63, 3.8) is 0 Å². The van der Waals surface area contributed by atoms with Crippen molar-refractivity contribution in [1.29, 1.82) is 0 Å². The van der Waals surface area contributed by atoms with Crippen LogP contribution in [0.3, 0.4) is 0 Å². The molecule has 31 heavy (non-hydrogen) atoms. The maximum absolute atomic E-state index is 12.8. The molecule has 0 radical (unpaired) electrons. The number of hydrogen-bond acceptors (Lipinski definition) is 4. The Bertz CT molecular complexity index is 1210. The number of aryl methyl sites for hydroxylation is 1. The number of fused-ring (bicyclic) bond motifs is 1. The number of hydrogen-bond donors (Lipinski definition) is 2. The zero-order valence-corrected chi connectivity index (χ0v) is 16.7. The molecular weight excluding hydrogens is 402 g/mol. The number of para-hydroxylation sites is 3. The quantitative estimate of drug-likeness (QED) is 0.447. The van der Waals surface area contributed by atoms with Crippen LogP contribution in [-0.2, 0) is 13.6 Å². The van der Waals surface area contributed by atoms with Crippen molar-refractivity contribution in [1.82, 2.24) is 14.9 Å². The summed E-state index contributed by atoms with van der Waals surface area (Å²) in [6.45, 7) is -2.60. The highest BCUT2D eigenvalue weighted by Crippen LogP contribution is 2.24. The minimum Gasteiger partial charge on any atom is -0.435 e. The lowest BCUT2D eigenvalue weighted by Crippen LogP contribution is -2.25. The van der Waals surface area contributed by atoms with Gasteiger partial charge in [0.25, 0.3) is 5.91 Å². The Hall–Kier alpha value is -3.94. The number of aromatic nitrogens is 2. The molecule has 4 aromatic rings. The second kappa shape index (κ2) is 8.83. The third-order valence-electron chi connectivity index (χ3n) is 4.82. The van der Waals surface area contributed by atoms with Crippen molar-refractivity contribution in [2.45, 2.75) is 13.2 Å². The van der Waals surface area contributed by atoms with Crippen LogP contribution in [0.4, 0.5) is 20.2 Å². The van der Waals surface area contributed by atoms with Crippen LogP contribution in [0.2, 0.25) is 0 Å². The molecule has 0 aliphatic rings. The maximum Gasteiger partial charge on any atom is 0.387 e. The van der Waals surface area contributed by atoms with Crippen molar-refractivity contribution in [3.05, 3.63) is 84.2 Å². The van der Waals surface area contributed by atoms with Gasteiger partial charge < -0.3 is 19.9 Å². The largest absolute Gasteiger partial charge is 0.435 e. The standard InChI is InChI=1S/C23H20F2N4O2/c1-29-20-9-5-4-8-19(20)28-21(29)14-26-22(30)17-6-2-3-7-18(17)27-15-10-12-16(13-11-15)31-23(24)25/h2-13,23,27H,14H2,1H3,(H,26,30). The van der Waals surface area contributed by atoms with Crippen LogP contribution < -0.4 is 15.4 Å². The van der Waals surface area contributed by atoms with E-state index in [1.165, 1.54) is 12.1 Å². The molecule has 0 saturated carbocycles. The van der Waals surface area contributed by atoms with E-state index < -0.39 is 6.61 Å². The summed E-state index contributed by atoms with van der Waals surface area (Å²) < 4.78 is 30.9. The maximum atomic E-state index is 12.8. The third-order valence-corrected chi connectivity index (χ3v) is 4.82. The van der Waals surface area contributed by atoms with Crippen LogP contribution in [0.15, 0.2) is 72.8 Å². The third kappa shape index (κ3) is 4.63. The number of halogens is 2. The zero-order valence-electron chi connectivity index (χ0n) is 16.7. The number of imidazole rings is 1. The first kappa shape index (κ1) is 20.3. The van der Waals surface area contributed by atoms with Crippen LogP contribution in [0.1, 0.15) is 16.2 Å². The number of carbonyl (C=O) groups excluding carboxylic acids is 1. The fraction of sp³-hybridized carbons (Fsp3) is 0.130. The molecule has 1 aromatic heterocycles. The van der Waals surface area contributed by atoms with Crippen LogP contribution in [0, 0.1) is 0 Å². The van der Waals surface area contributed by atoms with Crippen LogP contribution >= 0.6 is 0 Å². The molecule has 0 bridgehead atoms. The molecule has 2 N–H and O–H groups in total. The Morgan fingerprint density at radius 3 is 2.48 bits per heavy atom. The molecule has 1 heterocycles. The summed E-state index contributed by atoms with van der Waals surface area (Å²) in [6.07, 6.45) is 0. The van der Waals surface area contributed by atoms with E-state index >= 15 is 0 Å². The normalized spacial score (nSPS) is 11.0. The Morgan fingerprint density at radius 2 is 1.74 bits per heavy atom. The number of benzene rings is 3. The van der Waals surface area contributed by atoms with E-state index in [1.54, 1.807) is 36.4 Å². The first-order chi connectivity index (χ1) is 15.0. The van der Waals surface area contributed by atoms with Crippen molar-refractivity contribution in [3.8, 4) is 5.75 Å². The van der Waals surface area contributed by atoms with Crippen molar-refractivity contribution >= 4 is 28.3 Å². The Labute approximate surface area is 177 Å². The summed E-state index contributed by atoms with van der Waals surface area (Å²) in [5, 5.41) is 6.05. The minimum absolute atomic E-state index is 0.0639. The second-order valence-corrected chi connectivity index (χ2v) is 6.83. The summed E-state index contributed by atoms with van der Waals surface area (Å²) in [6, 6.07) is 20.9. The van der Waals surface area contributed by atoms with Crippen molar-refractivity contribution < 1.29 is 18.3 Å². The smallest absolute Gasteiger partial charge is 0.387 e. The van der Waals surface area contributed by atoms with Crippen LogP contribution in [0.25, 0.3) is 11.0 Å². The molecule has 0 aliphatic heterocycles. The van der Waals surface area contributed by atoms with Crippen LogP contribution in [0.5, 0.6) is 5.75 Å². The van der Waals surface area contributed by atoms with Gasteiger partial charge in [0, 0.05) is 12.7 Å². The van der Waals surface area contributed by atoms with E-state index in [-0.39, 0.29) is 18.2 Å². The molecule has 1 amide bonds. The summed E-state index contributed by atoms with van der Waals surface area (Å²) in [5.74, 6) is 0.552. The summed E-state index contributed by atoms with van der Waals surface area (Å²) in [4.78, 5) is 17.4. The topological polar surface area (TPSA) is 68.2 Å². The van der Waals surface area contributed by atoms with E-state index in [0.29, 0.717) is 16.9 Å².